The van der Waals surface area contributed by atoms with Gasteiger partial charge in [0.05, 0.1) is 6.42 Å². The number of hydrogen-bond donors (Lipinski definition) is 1. The Hall–Kier alpha value is -2.13. The van der Waals surface area contributed by atoms with Gasteiger partial charge in [-0.1, -0.05) is 54.6 Å². The Kier molecular flexibility index (Phi) is 4.54. The van der Waals surface area contributed by atoms with Gasteiger partial charge in [0.2, 0.25) is 5.91 Å². The normalized spacial score (nSPS) is 17.7. The molecule has 0 spiro atoms. The van der Waals surface area contributed by atoms with Crippen LogP contribution in [0.25, 0.3) is 11.1 Å². The number of rotatable bonds is 4. The van der Waals surface area contributed by atoms with Crippen LogP contribution in [0.15, 0.2) is 54.6 Å². The summed E-state index contributed by atoms with van der Waals surface area (Å²) in [5.74, 6) is 0.410. The van der Waals surface area contributed by atoms with Gasteiger partial charge >= 0.3 is 0 Å². The molecule has 3 nitrogen and oxygen atoms in total. The van der Waals surface area contributed by atoms with Crippen LogP contribution in [0.4, 0.5) is 0 Å². The Morgan fingerprint density at radius 2 is 1.73 bits per heavy atom. The van der Waals surface area contributed by atoms with Crippen molar-refractivity contribution in [3.05, 3.63) is 60.2 Å². The summed E-state index contributed by atoms with van der Waals surface area (Å²) >= 11 is 0. The lowest BCUT2D eigenvalue weighted by Crippen LogP contribution is -2.30. The van der Waals surface area contributed by atoms with E-state index in [0.717, 1.165) is 18.5 Å². The smallest absolute Gasteiger partial charge is 0.227 e. The molecule has 1 fully saturated rings. The van der Waals surface area contributed by atoms with Crippen LogP contribution in [0.5, 0.6) is 0 Å². The highest BCUT2D eigenvalue weighted by Gasteiger charge is 2.25. The molecular formula is C19H21NO2. The van der Waals surface area contributed by atoms with Gasteiger partial charge in [-0.15, -0.1) is 0 Å². The Bertz CT molecular complexity index is 622. The van der Waals surface area contributed by atoms with Crippen molar-refractivity contribution in [2.24, 2.45) is 5.92 Å². The third kappa shape index (κ3) is 3.37. The second kappa shape index (κ2) is 6.75. The van der Waals surface area contributed by atoms with Gasteiger partial charge in [-0.2, -0.15) is 0 Å². The lowest BCUT2D eigenvalue weighted by Gasteiger charge is -2.16. The fourth-order valence-electron chi connectivity index (χ4n) is 2.94. The van der Waals surface area contributed by atoms with Crippen LogP contribution in [0, 0.1) is 5.92 Å². The van der Waals surface area contributed by atoms with Crippen molar-refractivity contribution in [3.63, 3.8) is 0 Å². The minimum atomic E-state index is 0.156. The number of nitrogens with zero attached hydrogens (tertiary/aromatic N) is 1. The van der Waals surface area contributed by atoms with Crippen molar-refractivity contribution >= 4 is 5.91 Å². The predicted molar refractivity (Wildman–Crippen MR) is 87.4 cm³/mol. The Morgan fingerprint density at radius 1 is 1.05 bits per heavy atom. The van der Waals surface area contributed by atoms with Gasteiger partial charge in [-0.05, 0) is 23.1 Å². The van der Waals surface area contributed by atoms with Gasteiger partial charge in [0, 0.05) is 25.6 Å². The molecule has 0 aliphatic carbocycles. The first kappa shape index (κ1) is 14.8. The van der Waals surface area contributed by atoms with E-state index in [9.17, 15) is 4.79 Å². The second-order valence-corrected chi connectivity index (χ2v) is 5.92. The maximum atomic E-state index is 12.3. The van der Waals surface area contributed by atoms with Crippen molar-refractivity contribution in [1.29, 1.82) is 0 Å². The highest BCUT2D eigenvalue weighted by Crippen LogP contribution is 2.20. The molecule has 1 unspecified atom stereocenters. The Morgan fingerprint density at radius 3 is 2.36 bits per heavy atom. The maximum Gasteiger partial charge on any atom is 0.227 e. The number of aliphatic hydroxyl groups excluding tert-OH is 1. The zero-order valence-corrected chi connectivity index (χ0v) is 12.6. The molecule has 114 valence electrons. The summed E-state index contributed by atoms with van der Waals surface area (Å²) in [5, 5.41) is 9.16. The molecule has 1 N–H and O–H groups in total. The van der Waals surface area contributed by atoms with Crippen LogP contribution < -0.4 is 0 Å². The first-order valence-electron chi connectivity index (χ1n) is 7.79. The van der Waals surface area contributed by atoms with Crippen LogP contribution in [-0.2, 0) is 11.2 Å². The van der Waals surface area contributed by atoms with Crippen LogP contribution in [0.2, 0.25) is 0 Å². The average molecular weight is 295 g/mol. The van der Waals surface area contributed by atoms with E-state index in [4.69, 9.17) is 5.11 Å². The van der Waals surface area contributed by atoms with E-state index in [1.807, 2.05) is 35.2 Å². The fourth-order valence-corrected chi connectivity index (χ4v) is 2.94. The van der Waals surface area contributed by atoms with E-state index in [0.29, 0.717) is 13.0 Å². The van der Waals surface area contributed by atoms with Crippen molar-refractivity contribution in [2.45, 2.75) is 12.8 Å². The molecule has 1 aliphatic rings. The fraction of sp³-hybridized carbons (Fsp3) is 0.316. The molecule has 1 amide bonds. The minimum Gasteiger partial charge on any atom is -0.396 e. The van der Waals surface area contributed by atoms with Gasteiger partial charge in [-0.3, -0.25) is 4.79 Å². The molecule has 3 heteroatoms. The van der Waals surface area contributed by atoms with Crippen molar-refractivity contribution in [2.75, 3.05) is 19.7 Å². The van der Waals surface area contributed by atoms with Gasteiger partial charge in [0.1, 0.15) is 0 Å². The highest BCUT2D eigenvalue weighted by atomic mass is 16.3. The molecule has 1 heterocycles. The third-order valence-corrected chi connectivity index (χ3v) is 4.31. The van der Waals surface area contributed by atoms with Crippen LogP contribution >= 0.6 is 0 Å². The Labute approximate surface area is 131 Å². The molecule has 2 aromatic rings. The third-order valence-electron chi connectivity index (χ3n) is 4.31. The maximum absolute atomic E-state index is 12.3. The standard InChI is InChI=1S/C19H21NO2/c21-14-16-10-11-20(13-16)19(22)12-15-6-8-18(9-7-15)17-4-2-1-3-5-17/h1-9,16,21H,10-14H2. The van der Waals surface area contributed by atoms with Gasteiger partial charge in [-0.25, -0.2) is 0 Å². The largest absolute Gasteiger partial charge is 0.396 e. The molecule has 2 aromatic carbocycles. The number of benzene rings is 2. The number of likely N-dealkylation sites (tertiary alicyclic amines) is 1. The molecule has 3 rings (SSSR count). The van der Waals surface area contributed by atoms with Crippen molar-refractivity contribution in [3.8, 4) is 11.1 Å². The summed E-state index contributed by atoms with van der Waals surface area (Å²) < 4.78 is 0. The second-order valence-electron chi connectivity index (χ2n) is 5.92. The topological polar surface area (TPSA) is 40.5 Å². The van der Waals surface area contributed by atoms with E-state index in [2.05, 4.69) is 24.3 Å². The number of hydrogen-bond acceptors (Lipinski definition) is 2. The molecule has 1 saturated heterocycles. The lowest BCUT2D eigenvalue weighted by atomic mass is 10.0. The quantitative estimate of drug-likeness (QED) is 0.942. The average Bonchev–Trinajstić information content (AvgIpc) is 3.06. The highest BCUT2D eigenvalue weighted by molar-refractivity contribution is 5.79. The first-order valence-corrected chi connectivity index (χ1v) is 7.79. The summed E-state index contributed by atoms with van der Waals surface area (Å²) in [6.07, 6.45) is 1.35. The summed E-state index contributed by atoms with van der Waals surface area (Å²) in [5.41, 5.74) is 3.39. The van der Waals surface area contributed by atoms with E-state index in [-0.39, 0.29) is 18.4 Å². The molecule has 1 aliphatic heterocycles. The predicted octanol–water partition coefficient (Wildman–Crippen LogP) is 2.74. The minimum absolute atomic E-state index is 0.156. The molecule has 0 radical (unpaired) electrons. The summed E-state index contributed by atoms with van der Waals surface area (Å²) in [7, 11) is 0. The van der Waals surface area contributed by atoms with Crippen molar-refractivity contribution < 1.29 is 9.90 Å². The van der Waals surface area contributed by atoms with E-state index in [1.54, 1.807) is 0 Å². The van der Waals surface area contributed by atoms with Crippen LogP contribution in [0.3, 0.4) is 0 Å². The molecule has 1 atom stereocenters. The van der Waals surface area contributed by atoms with E-state index >= 15 is 0 Å². The van der Waals surface area contributed by atoms with Crippen LogP contribution in [-0.4, -0.2) is 35.6 Å². The van der Waals surface area contributed by atoms with Gasteiger partial charge in [0.15, 0.2) is 0 Å². The lowest BCUT2D eigenvalue weighted by molar-refractivity contribution is -0.129. The molecule has 0 aromatic heterocycles. The zero-order chi connectivity index (χ0) is 15.4. The summed E-state index contributed by atoms with van der Waals surface area (Å²) in [6.45, 7) is 1.64. The molecular weight excluding hydrogens is 274 g/mol. The van der Waals surface area contributed by atoms with E-state index < -0.39 is 0 Å². The molecule has 0 bridgehead atoms. The SMILES string of the molecule is O=C(Cc1ccc(-c2ccccc2)cc1)N1CCC(CO)C1. The zero-order valence-electron chi connectivity index (χ0n) is 12.6. The number of aliphatic hydroxyl groups is 1. The summed E-state index contributed by atoms with van der Waals surface area (Å²) in [4.78, 5) is 14.1. The number of carbonyl (C=O) groups excluding carboxylic acids is 1. The van der Waals surface area contributed by atoms with Crippen LogP contribution in [0.1, 0.15) is 12.0 Å². The number of amides is 1. The molecule has 22 heavy (non-hydrogen) atoms. The van der Waals surface area contributed by atoms with E-state index in [1.165, 1.54) is 11.1 Å². The summed E-state index contributed by atoms with van der Waals surface area (Å²) in [6, 6.07) is 18.4. The van der Waals surface area contributed by atoms with Crippen molar-refractivity contribution in [1.82, 2.24) is 4.90 Å². The first-order chi connectivity index (χ1) is 10.8. The monoisotopic (exact) mass is 295 g/mol. The van der Waals surface area contributed by atoms with Gasteiger partial charge < -0.3 is 10.0 Å². The molecule has 0 saturated carbocycles. The van der Waals surface area contributed by atoms with Gasteiger partial charge in [0.25, 0.3) is 0 Å². The number of carbonyl (C=O) groups is 1. The Balaban J connectivity index is 1.63.